The lowest BCUT2D eigenvalue weighted by Crippen LogP contribution is -2.46. The van der Waals surface area contributed by atoms with Gasteiger partial charge in [0.1, 0.15) is 0 Å². The van der Waals surface area contributed by atoms with Gasteiger partial charge in [0, 0.05) is 25.0 Å². The fourth-order valence-corrected chi connectivity index (χ4v) is 4.16. The minimum Gasteiger partial charge on any atom is -0.449 e. The van der Waals surface area contributed by atoms with E-state index >= 15 is 0 Å². The minimum absolute atomic E-state index is 0.0393. The quantitative estimate of drug-likeness (QED) is 0.556. The van der Waals surface area contributed by atoms with E-state index in [9.17, 15) is 14.4 Å². The largest absolute Gasteiger partial charge is 0.449 e. The number of rotatable bonds is 7. The maximum absolute atomic E-state index is 12.6. The number of nitrogens with one attached hydrogen (secondary N) is 1. The predicted molar refractivity (Wildman–Crippen MR) is 110 cm³/mol. The van der Waals surface area contributed by atoms with Gasteiger partial charge in [-0.15, -0.1) is 11.8 Å². The van der Waals surface area contributed by atoms with Crippen molar-refractivity contribution in [2.75, 3.05) is 19.8 Å². The zero-order valence-corrected chi connectivity index (χ0v) is 17.9. The van der Waals surface area contributed by atoms with E-state index in [-0.39, 0.29) is 23.6 Å². The third-order valence-electron chi connectivity index (χ3n) is 5.05. The van der Waals surface area contributed by atoms with Gasteiger partial charge in [-0.25, -0.2) is 4.79 Å². The number of esters is 1. The number of hydrogen-bond acceptors (Lipinski definition) is 5. The number of benzene rings is 1. The summed E-state index contributed by atoms with van der Waals surface area (Å²) in [6.45, 7) is 3.73. The molecule has 154 valence electrons. The fraction of sp³-hybridized carbons (Fsp3) is 0.571. The van der Waals surface area contributed by atoms with Crippen LogP contribution in [0.25, 0.3) is 0 Å². The normalized spacial score (nSPS) is 20.1. The van der Waals surface area contributed by atoms with E-state index in [1.165, 1.54) is 23.1 Å². The first-order chi connectivity index (χ1) is 13.3. The van der Waals surface area contributed by atoms with E-state index in [0.717, 1.165) is 19.3 Å². The van der Waals surface area contributed by atoms with Gasteiger partial charge in [0.05, 0.1) is 11.3 Å². The molecule has 0 unspecified atom stereocenters. The second-order valence-electron chi connectivity index (χ2n) is 7.50. The molecule has 0 radical (unpaired) electrons. The van der Waals surface area contributed by atoms with Crippen LogP contribution in [-0.4, -0.2) is 54.7 Å². The topological polar surface area (TPSA) is 75.7 Å². The maximum atomic E-state index is 12.6. The summed E-state index contributed by atoms with van der Waals surface area (Å²) in [5.41, 5.74) is 0.366. The zero-order chi connectivity index (χ0) is 20.7. The third kappa shape index (κ3) is 6.26. The Labute approximate surface area is 171 Å². The van der Waals surface area contributed by atoms with E-state index in [1.54, 1.807) is 45.3 Å². The lowest BCUT2D eigenvalue weighted by atomic mass is 9.86. The molecule has 1 fully saturated rings. The Kier molecular flexibility index (Phi) is 8.35. The molecule has 0 aromatic heterocycles. The van der Waals surface area contributed by atoms with Crippen molar-refractivity contribution < 1.29 is 19.1 Å². The molecule has 1 N–H and O–H groups in total. The van der Waals surface area contributed by atoms with Crippen LogP contribution in [0.2, 0.25) is 0 Å². The van der Waals surface area contributed by atoms with Crippen LogP contribution in [-0.2, 0) is 14.3 Å². The highest BCUT2D eigenvalue weighted by Gasteiger charge is 2.27. The molecule has 2 amide bonds. The molecule has 1 aliphatic rings. The Hall–Kier alpha value is -2.02. The Morgan fingerprint density at radius 2 is 1.89 bits per heavy atom. The van der Waals surface area contributed by atoms with E-state index in [2.05, 4.69) is 12.2 Å². The van der Waals surface area contributed by atoms with Gasteiger partial charge >= 0.3 is 5.97 Å². The molecule has 3 atom stereocenters. The Bertz CT molecular complexity index is 707. The molecule has 0 bridgehead atoms. The van der Waals surface area contributed by atoms with Crippen molar-refractivity contribution in [2.45, 2.75) is 56.6 Å². The van der Waals surface area contributed by atoms with Gasteiger partial charge in [-0.2, -0.15) is 0 Å². The maximum Gasteiger partial charge on any atom is 0.340 e. The lowest BCUT2D eigenvalue weighted by Gasteiger charge is -2.30. The molecule has 1 aromatic carbocycles. The molecule has 0 saturated heterocycles. The first kappa shape index (κ1) is 22.3. The summed E-state index contributed by atoms with van der Waals surface area (Å²) in [5, 5.41) is 3.02. The molecule has 1 aliphatic carbocycles. The number of thioether (sulfide) groups is 1. The molecule has 2 rings (SSSR count). The van der Waals surface area contributed by atoms with E-state index < -0.39 is 12.1 Å². The van der Waals surface area contributed by atoms with Crippen molar-refractivity contribution in [1.82, 2.24) is 10.2 Å². The Balaban J connectivity index is 1.96. The molecular formula is C21H30N2O4S. The summed E-state index contributed by atoms with van der Waals surface area (Å²) in [4.78, 5) is 39.0. The van der Waals surface area contributed by atoms with Crippen LogP contribution in [0.4, 0.5) is 0 Å². The molecule has 0 spiro atoms. The summed E-state index contributed by atoms with van der Waals surface area (Å²) >= 11 is 1.28. The molecular weight excluding hydrogens is 376 g/mol. The van der Waals surface area contributed by atoms with Crippen LogP contribution < -0.4 is 5.32 Å². The second-order valence-corrected chi connectivity index (χ2v) is 8.51. The number of carbonyl (C=O) groups is 3. The van der Waals surface area contributed by atoms with Crippen LogP contribution in [0.15, 0.2) is 29.2 Å². The number of nitrogens with zero attached hydrogens (tertiary/aromatic N) is 1. The van der Waals surface area contributed by atoms with Crippen LogP contribution in [0.5, 0.6) is 0 Å². The van der Waals surface area contributed by atoms with Crippen LogP contribution in [0.1, 0.15) is 49.9 Å². The molecule has 28 heavy (non-hydrogen) atoms. The van der Waals surface area contributed by atoms with Gasteiger partial charge in [0.15, 0.2) is 6.10 Å². The van der Waals surface area contributed by atoms with Crippen LogP contribution in [0.3, 0.4) is 0 Å². The number of amides is 2. The fourth-order valence-electron chi connectivity index (χ4n) is 3.14. The average Bonchev–Trinajstić information content (AvgIpc) is 2.67. The van der Waals surface area contributed by atoms with Gasteiger partial charge in [0.2, 0.25) is 5.91 Å². The predicted octanol–water partition coefficient (Wildman–Crippen LogP) is 3.11. The van der Waals surface area contributed by atoms with Crippen molar-refractivity contribution >= 4 is 29.5 Å². The third-order valence-corrected chi connectivity index (χ3v) is 6.11. The first-order valence-electron chi connectivity index (χ1n) is 9.73. The highest BCUT2D eigenvalue weighted by atomic mass is 32.2. The Morgan fingerprint density at radius 1 is 1.21 bits per heavy atom. The van der Waals surface area contributed by atoms with E-state index in [0.29, 0.717) is 16.4 Å². The zero-order valence-electron chi connectivity index (χ0n) is 17.1. The summed E-state index contributed by atoms with van der Waals surface area (Å²) in [7, 11) is 3.38. The minimum atomic E-state index is -0.872. The second kappa shape index (κ2) is 10.5. The van der Waals surface area contributed by atoms with Crippen molar-refractivity contribution in [3.63, 3.8) is 0 Å². The highest BCUT2D eigenvalue weighted by molar-refractivity contribution is 8.00. The SMILES string of the molecule is C[C@@H]1CCCC[C@@H]1NC(=O)[C@@H](C)OC(=O)c1ccccc1SCC(=O)N(C)C. The summed E-state index contributed by atoms with van der Waals surface area (Å²) in [5.74, 6) is -0.193. The summed E-state index contributed by atoms with van der Waals surface area (Å²) < 4.78 is 5.41. The monoisotopic (exact) mass is 406 g/mol. The summed E-state index contributed by atoms with van der Waals surface area (Å²) in [6, 6.07) is 7.11. The molecule has 0 aliphatic heterocycles. The van der Waals surface area contributed by atoms with Crippen LogP contribution >= 0.6 is 11.8 Å². The Morgan fingerprint density at radius 3 is 2.57 bits per heavy atom. The van der Waals surface area contributed by atoms with Crippen LogP contribution in [0, 0.1) is 5.92 Å². The highest BCUT2D eigenvalue weighted by Crippen LogP contribution is 2.25. The first-order valence-corrected chi connectivity index (χ1v) is 10.7. The molecule has 1 aromatic rings. The molecule has 6 nitrogen and oxygen atoms in total. The van der Waals surface area contributed by atoms with Crippen molar-refractivity contribution in [2.24, 2.45) is 5.92 Å². The van der Waals surface area contributed by atoms with Gasteiger partial charge in [-0.3, -0.25) is 9.59 Å². The van der Waals surface area contributed by atoms with E-state index in [4.69, 9.17) is 4.74 Å². The van der Waals surface area contributed by atoms with Crippen molar-refractivity contribution in [1.29, 1.82) is 0 Å². The van der Waals surface area contributed by atoms with E-state index in [1.807, 2.05) is 0 Å². The van der Waals surface area contributed by atoms with Gasteiger partial charge in [-0.05, 0) is 37.8 Å². The van der Waals surface area contributed by atoms with Gasteiger partial charge in [-0.1, -0.05) is 31.9 Å². The standard InChI is InChI=1S/C21H30N2O4S/c1-14-9-5-7-11-17(14)22-20(25)15(2)27-21(26)16-10-6-8-12-18(16)28-13-19(24)23(3)4/h6,8,10,12,14-15,17H,5,7,9,11,13H2,1-4H3,(H,22,25)/t14-,15-,17+/m1/s1. The number of hydrogen-bond donors (Lipinski definition) is 1. The molecule has 0 heterocycles. The lowest BCUT2D eigenvalue weighted by molar-refractivity contribution is -0.130. The summed E-state index contributed by atoms with van der Waals surface area (Å²) in [6.07, 6.45) is 3.51. The number of carbonyl (C=O) groups excluding carboxylic acids is 3. The van der Waals surface area contributed by atoms with Gasteiger partial charge in [0.25, 0.3) is 5.91 Å². The van der Waals surface area contributed by atoms with Crippen molar-refractivity contribution in [3.8, 4) is 0 Å². The molecule has 1 saturated carbocycles. The smallest absolute Gasteiger partial charge is 0.340 e. The van der Waals surface area contributed by atoms with Crippen molar-refractivity contribution in [3.05, 3.63) is 29.8 Å². The van der Waals surface area contributed by atoms with Gasteiger partial charge < -0.3 is 15.0 Å². The molecule has 7 heteroatoms. The average molecular weight is 407 g/mol. The number of ether oxygens (including phenoxy) is 1.